The highest BCUT2D eigenvalue weighted by Gasteiger charge is 2.30. The third-order valence-electron chi connectivity index (χ3n) is 5.15. The fraction of sp³-hybridized carbons (Fsp3) is 0.208. The summed E-state index contributed by atoms with van der Waals surface area (Å²) in [7, 11) is 0. The van der Waals surface area contributed by atoms with E-state index in [9.17, 15) is 22.4 Å². The molecular formula is C24H20F4N4OS. The standard InChI is InChI=1S/C24H20F4N4OS/c1-2-20(22(33)30-18-10-8-17(25)9-11-18)32-21-19(7-4-12-29-21)31-23(32)34-14-15-5-3-6-16(13-15)24(26,27)28/h3-13,20H,2,14H2,1H3,(H,30,33)/t20-/m0/s1. The van der Waals surface area contributed by atoms with Gasteiger partial charge in [-0.05, 0) is 54.4 Å². The Kier molecular flexibility index (Phi) is 6.87. The van der Waals surface area contributed by atoms with Crippen molar-refractivity contribution in [3.8, 4) is 0 Å². The molecule has 2 aromatic carbocycles. The van der Waals surface area contributed by atoms with Crippen molar-refractivity contribution in [1.29, 1.82) is 0 Å². The molecule has 0 bridgehead atoms. The molecule has 2 heterocycles. The van der Waals surface area contributed by atoms with Crippen LogP contribution in [0.25, 0.3) is 11.2 Å². The van der Waals surface area contributed by atoms with Crippen molar-refractivity contribution in [3.05, 3.63) is 83.8 Å². The molecule has 1 N–H and O–H groups in total. The smallest absolute Gasteiger partial charge is 0.324 e. The molecule has 0 saturated heterocycles. The summed E-state index contributed by atoms with van der Waals surface area (Å²) >= 11 is 1.23. The number of anilines is 1. The Balaban J connectivity index is 1.64. The molecule has 2 aromatic heterocycles. The molecule has 4 aromatic rings. The average Bonchev–Trinajstić information content (AvgIpc) is 3.18. The van der Waals surface area contributed by atoms with Gasteiger partial charge in [-0.2, -0.15) is 13.2 Å². The summed E-state index contributed by atoms with van der Waals surface area (Å²) in [4.78, 5) is 22.1. The number of hydrogen-bond acceptors (Lipinski definition) is 4. The number of alkyl halides is 3. The molecule has 0 spiro atoms. The molecule has 176 valence electrons. The van der Waals surface area contributed by atoms with Crippen molar-refractivity contribution < 1.29 is 22.4 Å². The van der Waals surface area contributed by atoms with Gasteiger partial charge in [-0.15, -0.1) is 0 Å². The highest BCUT2D eigenvalue weighted by Crippen LogP contribution is 2.33. The molecule has 0 radical (unpaired) electrons. The van der Waals surface area contributed by atoms with E-state index >= 15 is 0 Å². The second-order valence-electron chi connectivity index (χ2n) is 7.52. The number of imidazole rings is 1. The highest BCUT2D eigenvalue weighted by molar-refractivity contribution is 7.98. The van der Waals surface area contributed by atoms with Gasteiger partial charge in [-0.25, -0.2) is 14.4 Å². The maximum Gasteiger partial charge on any atom is 0.416 e. The minimum Gasteiger partial charge on any atom is -0.324 e. The number of rotatable bonds is 7. The van der Waals surface area contributed by atoms with E-state index in [4.69, 9.17) is 0 Å². The van der Waals surface area contributed by atoms with E-state index in [1.54, 1.807) is 29.0 Å². The summed E-state index contributed by atoms with van der Waals surface area (Å²) < 4.78 is 54.2. The molecule has 5 nitrogen and oxygen atoms in total. The first kappa shape index (κ1) is 23.7. The van der Waals surface area contributed by atoms with E-state index in [0.29, 0.717) is 34.0 Å². The lowest BCUT2D eigenvalue weighted by Gasteiger charge is -2.19. The number of nitrogens with one attached hydrogen (secondary N) is 1. The molecule has 0 aliphatic carbocycles. The molecule has 0 fully saturated rings. The number of carbonyl (C=O) groups excluding carboxylic acids is 1. The third kappa shape index (κ3) is 5.22. The van der Waals surface area contributed by atoms with E-state index in [1.807, 2.05) is 6.92 Å². The Labute approximate surface area is 197 Å². The predicted molar refractivity (Wildman–Crippen MR) is 123 cm³/mol. The van der Waals surface area contributed by atoms with Crippen LogP contribution in [0, 0.1) is 5.82 Å². The number of halogens is 4. The first-order valence-electron chi connectivity index (χ1n) is 10.4. The largest absolute Gasteiger partial charge is 0.416 e. The molecule has 0 aliphatic rings. The number of thioether (sulfide) groups is 1. The second-order valence-corrected chi connectivity index (χ2v) is 8.46. The molecule has 4 rings (SSSR count). The minimum atomic E-state index is -4.43. The first-order valence-corrected chi connectivity index (χ1v) is 11.4. The van der Waals surface area contributed by atoms with E-state index < -0.39 is 23.6 Å². The van der Waals surface area contributed by atoms with E-state index in [-0.39, 0.29) is 11.7 Å². The van der Waals surface area contributed by atoms with E-state index in [1.165, 1.54) is 42.1 Å². The normalized spacial score (nSPS) is 12.6. The van der Waals surface area contributed by atoms with Crippen molar-refractivity contribution in [2.24, 2.45) is 0 Å². The highest BCUT2D eigenvalue weighted by atomic mass is 32.2. The summed E-state index contributed by atoms with van der Waals surface area (Å²) in [5.41, 5.74) is 1.28. The van der Waals surface area contributed by atoms with Gasteiger partial charge < -0.3 is 5.32 Å². The Morgan fingerprint density at radius 3 is 2.59 bits per heavy atom. The molecule has 0 aliphatic heterocycles. The zero-order chi connectivity index (χ0) is 24.3. The van der Waals surface area contributed by atoms with Gasteiger partial charge in [0.15, 0.2) is 10.8 Å². The van der Waals surface area contributed by atoms with Crippen LogP contribution in [-0.4, -0.2) is 20.4 Å². The van der Waals surface area contributed by atoms with Crippen LogP contribution in [0.1, 0.15) is 30.5 Å². The number of fused-ring (bicyclic) bond motifs is 1. The van der Waals surface area contributed by atoms with Crippen LogP contribution in [0.3, 0.4) is 0 Å². The Morgan fingerprint density at radius 1 is 1.12 bits per heavy atom. The number of hydrogen-bond donors (Lipinski definition) is 1. The molecule has 34 heavy (non-hydrogen) atoms. The molecule has 1 atom stereocenters. The van der Waals surface area contributed by atoms with Crippen LogP contribution in [0.2, 0.25) is 0 Å². The van der Waals surface area contributed by atoms with Crippen molar-refractivity contribution in [1.82, 2.24) is 14.5 Å². The minimum absolute atomic E-state index is 0.225. The van der Waals surface area contributed by atoms with Crippen LogP contribution < -0.4 is 5.32 Å². The van der Waals surface area contributed by atoms with Gasteiger partial charge in [-0.1, -0.05) is 36.9 Å². The summed E-state index contributed by atoms with van der Waals surface area (Å²) in [6, 6.07) is 13.4. The zero-order valence-electron chi connectivity index (χ0n) is 18.0. The molecule has 0 saturated carbocycles. The Bertz CT molecular complexity index is 1300. The fourth-order valence-electron chi connectivity index (χ4n) is 3.52. The lowest BCUT2D eigenvalue weighted by Crippen LogP contribution is -2.26. The van der Waals surface area contributed by atoms with Gasteiger partial charge in [0.2, 0.25) is 5.91 Å². The van der Waals surface area contributed by atoms with Crippen molar-refractivity contribution in [3.63, 3.8) is 0 Å². The van der Waals surface area contributed by atoms with Crippen LogP contribution in [-0.2, 0) is 16.7 Å². The summed E-state index contributed by atoms with van der Waals surface area (Å²) in [5.74, 6) is -0.522. The van der Waals surface area contributed by atoms with Crippen molar-refractivity contribution in [2.45, 2.75) is 36.5 Å². The molecule has 0 unspecified atom stereocenters. The molecular weight excluding hydrogens is 468 g/mol. The number of pyridine rings is 1. The summed E-state index contributed by atoms with van der Waals surface area (Å²) in [6.07, 6.45) is -2.43. The van der Waals surface area contributed by atoms with Gasteiger partial charge in [0.1, 0.15) is 17.4 Å². The number of aromatic nitrogens is 3. The SMILES string of the molecule is CC[C@@H](C(=O)Nc1ccc(F)cc1)n1c(SCc2cccc(C(F)(F)F)c2)nc2cccnc21. The van der Waals surface area contributed by atoms with Gasteiger partial charge in [0, 0.05) is 17.6 Å². The maximum absolute atomic E-state index is 13.2. The van der Waals surface area contributed by atoms with Crippen molar-refractivity contribution in [2.75, 3.05) is 5.32 Å². The number of amides is 1. The van der Waals surface area contributed by atoms with Crippen LogP contribution in [0.4, 0.5) is 23.2 Å². The predicted octanol–water partition coefficient (Wildman–Crippen LogP) is 6.47. The lowest BCUT2D eigenvalue weighted by atomic mass is 10.1. The van der Waals surface area contributed by atoms with Crippen molar-refractivity contribution >= 4 is 34.5 Å². The zero-order valence-corrected chi connectivity index (χ0v) is 18.8. The fourth-order valence-corrected chi connectivity index (χ4v) is 4.51. The topological polar surface area (TPSA) is 59.8 Å². The molecule has 10 heteroatoms. The monoisotopic (exact) mass is 488 g/mol. The third-order valence-corrected chi connectivity index (χ3v) is 6.18. The van der Waals surface area contributed by atoms with E-state index in [2.05, 4.69) is 15.3 Å². The number of benzene rings is 2. The van der Waals surface area contributed by atoms with Crippen LogP contribution in [0.5, 0.6) is 0 Å². The van der Waals surface area contributed by atoms with Crippen LogP contribution >= 0.6 is 11.8 Å². The first-order chi connectivity index (χ1) is 16.3. The van der Waals surface area contributed by atoms with Crippen LogP contribution in [0.15, 0.2) is 72.0 Å². The van der Waals surface area contributed by atoms with Gasteiger partial charge in [0.25, 0.3) is 0 Å². The average molecular weight is 489 g/mol. The van der Waals surface area contributed by atoms with E-state index in [0.717, 1.165) is 12.1 Å². The summed E-state index contributed by atoms with van der Waals surface area (Å²) in [5, 5.41) is 3.25. The number of nitrogens with zero attached hydrogens (tertiary/aromatic N) is 3. The molecule has 1 amide bonds. The number of carbonyl (C=O) groups is 1. The Morgan fingerprint density at radius 2 is 1.88 bits per heavy atom. The van der Waals surface area contributed by atoms with Gasteiger partial charge in [-0.3, -0.25) is 9.36 Å². The quantitative estimate of drug-likeness (QED) is 0.239. The summed E-state index contributed by atoms with van der Waals surface area (Å²) in [6.45, 7) is 1.84. The Hall–Kier alpha value is -3.40. The maximum atomic E-state index is 13.2. The lowest BCUT2D eigenvalue weighted by molar-refractivity contribution is -0.137. The second kappa shape index (κ2) is 9.84. The van der Waals surface area contributed by atoms with Gasteiger partial charge >= 0.3 is 6.18 Å². The van der Waals surface area contributed by atoms with Gasteiger partial charge in [0.05, 0.1) is 5.56 Å².